The number of pyridine rings is 1. The summed E-state index contributed by atoms with van der Waals surface area (Å²) in [6, 6.07) is 10.3. The van der Waals surface area contributed by atoms with E-state index in [9.17, 15) is 9.59 Å². The molecule has 0 atom stereocenters. The summed E-state index contributed by atoms with van der Waals surface area (Å²) in [5.74, 6) is 0.169. The number of halogens is 1. The number of carbonyl (C=O) groups is 1. The molecule has 4 rings (SSSR count). The second-order valence-corrected chi connectivity index (χ2v) is 6.82. The van der Waals surface area contributed by atoms with Gasteiger partial charge in [-0.1, -0.05) is 29.8 Å². The van der Waals surface area contributed by atoms with Gasteiger partial charge < -0.3 is 10.1 Å². The lowest BCUT2D eigenvalue weighted by atomic mass is 10.2. The summed E-state index contributed by atoms with van der Waals surface area (Å²) in [6.07, 6.45) is 8.30. The molecule has 0 radical (unpaired) electrons. The number of imidazole rings is 1. The van der Waals surface area contributed by atoms with E-state index in [1.807, 2.05) is 12.1 Å². The monoisotopic (exact) mass is 436 g/mol. The molecule has 31 heavy (non-hydrogen) atoms. The Morgan fingerprint density at radius 2 is 2.03 bits per heavy atom. The Morgan fingerprint density at radius 3 is 2.74 bits per heavy atom. The summed E-state index contributed by atoms with van der Waals surface area (Å²) in [5.41, 5.74) is 1.20. The predicted octanol–water partition coefficient (Wildman–Crippen LogP) is 2.87. The Bertz CT molecular complexity index is 1270. The number of nitrogens with zero attached hydrogens (tertiary/aromatic N) is 5. The summed E-state index contributed by atoms with van der Waals surface area (Å²) in [6.45, 7) is 0.390. The normalized spacial score (nSPS) is 10.6. The van der Waals surface area contributed by atoms with Crippen LogP contribution in [0.1, 0.15) is 15.9 Å². The molecule has 0 saturated carbocycles. The van der Waals surface area contributed by atoms with Crippen LogP contribution >= 0.6 is 11.6 Å². The van der Waals surface area contributed by atoms with Crippen LogP contribution < -0.4 is 10.9 Å². The third-order valence-corrected chi connectivity index (χ3v) is 4.88. The summed E-state index contributed by atoms with van der Waals surface area (Å²) >= 11 is 6.30. The van der Waals surface area contributed by atoms with Gasteiger partial charge in [0.05, 0.1) is 30.2 Å². The number of para-hydroxylation sites is 1. The largest absolute Gasteiger partial charge is 0.465 e. The number of methoxy groups -OCH3 is 1. The molecule has 156 valence electrons. The van der Waals surface area contributed by atoms with E-state index in [1.54, 1.807) is 53.8 Å². The molecule has 0 spiro atoms. The Kier molecular flexibility index (Phi) is 5.76. The van der Waals surface area contributed by atoms with E-state index in [4.69, 9.17) is 16.3 Å². The number of aromatic nitrogens is 5. The van der Waals surface area contributed by atoms with Crippen LogP contribution in [0.25, 0.3) is 11.5 Å². The quantitative estimate of drug-likeness (QED) is 0.463. The van der Waals surface area contributed by atoms with Gasteiger partial charge in [0, 0.05) is 25.1 Å². The van der Waals surface area contributed by atoms with Gasteiger partial charge in [0.2, 0.25) is 0 Å². The highest BCUT2D eigenvalue weighted by Crippen LogP contribution is 2.19. The highest BCUT2D eigenvalue weighted by Gasteiger charge is 2.17. The van der Waals surface area contributed by atoms with Gasteiger partial charge in [-0.25, -0.2) is 14.8 Å². The lowest BCUT2D eigenvalue weighted by Gasteiger charge is -2.12. The zero-order valence-corrected chi connectivity index (χ0v) is 17.2. The maximum atomic E-state index is 12.8. The third-order valence-electron chi connectivity index (χ3n) is 4.52. The summed E-state index contributed by atoms with van der Waals surface area (Å²) in [7, 11) is 1.27. The van der Waals surface area contributed by atoms with Gasteiger partial charge >= 0.3 is 5.97 Å². The van der Waals surface area contributed by atoms with Crippen molar-refractivity contribution in [1.29, 1.82) is 0 Å². The van der Waals surface area contributed by atoms with Crippen molar-refractivity contribution in [2.45, 2.75) is 6.54 Å². The Hall–Kier alpha value is -3.98. The Balaban J connectivity index is 1.55. The van der Waals surface area contributed by atoms with Crippen LogP contribution in [-0.2, 0) is 11.3 Å². The first kappa shape index (κ1) is 20.3. The summed E-state index contributed by atoms with van der Waals surface area (Å²) < 4.78 is 7.64. The molecule has 0 aliphatic rings. The molecule has 0 fully saturated rings. The van der Waals surface area contributed by atoms with Gasteiger partial charge in [-0.15, -0.1) is 0 Å². The second kappa shape index (κ2) is 8.80. The maximum Gasteiger partial charge on any atom is 0.340 e. The van der Waals surface area contributed by atoms with E-state index < -0.39 is 11.5 Å². The minimum atomic E-state index is -0.575. The van der Waals surface area contributed by atoms with Crippen molar-refractivity contribution in [1.82, 2.24) is 24.3 Å². The fourth-order valence-corrected chi connectivity index (χ4v) is 3.13. The van der Waals surface area contributed by atoms with Crippen LogP contribution in [0.15, 0.2) is 72.3 Å². The fraction of sp³-hybridized carbons (Fsp3) is 0.0952. The standard InChI is InChI=1S/C21H17ClN6O3/c1-31-21(30)15-4-2-3-5-17(15)28-20(29)19(22)16(12-26-28)24-10-14-6-7-18(25-11-14)27-9-8-23-13-27/h2-9,11-13,24H,10H2,1H3. The van der Waals surface area contributed by atoms with E-state index in [1.165, 1.54) is 13.3 Å². The minimum absolute atomic E-state index is 0.0438. The number of carbonyl (C=O) groups excluding carboxylic acids is 1. The van der Waals surface area contributed by atoms with Gasteiger partial charge in [-0.05, 0) is 23.8 Å². The molecular weight excluding hydrogens is 420 g/mol. The first-order valence-electron chi connectivity index (χ1n) is 9.21. The SMILES string of the molecule is COC(=O)c1ccccc1-n1ncc(NCc2ccc(-n3ccnc3)nc2)c(Cl)c1=O. The topological polar surface area (TPSA) is 104 Å². The van der Waals surface area contributed by atoms with Gasteiger partial charge in [0.1, 0.15) is 17.2 Å². The average molecular weight is 437 g/mol. The number of nitrogens with one attached hydrogen (secondary N) is 1. The van der Waals surface area contributed by atoms with E-state index in [-0.39, 0.29) is 16.3 Å². The van der Waals surface area contributed by atoms with Crippen molar-refractivity contribution in [2.24, 2.45) is 0 Å². The van der Waals surface area contributed by atoms with Crippen molar-refractivity contribution < 1.29 is 9.53 Å². The smallest absolute Gasteiger partial charge is 0.340 e. The van der Waals surface area contributed by atoms with Crippen molar-refractivity contribution in [3.05, 3.63) is 94.0 Å². The Labute approximate surface area is 181 Å². The molecule has 0 saturated heterocycles. The number of esters is 1. The van der Waals surface area contributed by atoms with Crippen LogP contribution in [0.4, 0.5) is 5.69 Å². The first-order valence-corrected chi connectivity index (χ1v) is 9.59. The van der Waals surface area contributed by atoms with Crippen LogP contribution in [-0.4, -0.2) is 37.4 Å². The van der Waals surface area contributed by atoms with E-state index >= 15 is 0 Å². The van der Waals surface area contributed by atoms with Crippen LogP contribution in [0.3, 0.4) is 0 Å². The van der Waals surface area contributed by atoms with E-state index in [0.29, 0.717) is 12.2 Å². The lowest BCUT2D eigenvalue weighted by molar-refractivity contribution is 0.0600. The zero-order chi connectivity index (χ0) is 21.8. The van der Waals surface area contributed by atoms with Crippen LogP contribution in [0, 0.1) is 0 Å². The van der Waals surface area contributed by atoms with Gasteiger partial charge in [0.15, 0.2) is 0 Å². The Morgan fingerprint density at radius 1 is 1.19 bits per heavy atom. The van der Waals surface area contributed by atoms with Gasteiger partial charge in [0.25, 0.3) is 5.56 Å². The molecule has 0 aliphatic heterocycles. The minimum Gasteiger partial charge on any atom is -0.465 e. The molecule has 10 heteroatoms. The number of ether oxygens (including phenoxy) is 1. The lowest BCUT2D eigenvalue weighted by Crippen LogP contribution is -2.24. The van der Waals surface area contributed by atoms with Crippen molar-refractivity contribution >= 4 is 23.3 Å². The maximum absolute atomic E-state index is 12.8. The number of hydrogen-bond donors (Lipinski definition) is 1. The third kappa shape index (κ3) is 4.17. The van der Waals surface area contributed by atoms with Gasteiger partial charge in [-0.3, -0.25) is 9.36 Å². The molecule has 1 N–H and O–H groups in total. The molecular formula is C21H17ClN6O3. The number of anilines is 1. The number of benzene rings is 1. The van der Waals surface area contributed by atoms with Crippen molar-refractivity contribution in [3.63, 3.8) is 0 Å². The average Bonchev–Trinajstić information content (AvgIpc) is 3.35. The molecule has 3 heterocycles. The fourth-order valence-electron chi connectivity index (χ4n) is 2.93. The molecule has 0 amide bonds. The number of rotatable bonds is 6. The van der Waals surface area contributed by atoms with Crippen molar-refractivity contribution in [3.8, 4) is 11.5 Å². The van der Waals surface area contributed by atoms with E-state index in [0.717, 1.165) is 16.1 Å². The molecule has 0 bridgehead atoms. The highest BCUT2D eigenvalue weighted by molar-refractivity contribution is 6.32. The molecule has 0 aliphatic carbocycles. The molecule has 4 aromatic rings. The molecule has 3 aromatic heterocycles. The summed E-state index contributed by atoms with van der Waals surface area (Å²) in [4.78, 5) is 33.2. The van der Waals surface area contributed by atoms with Crippen molar-refractivity contribution in [2.75, 3.05) is 12.4 Å². The number of hydrogen-bond acceptors (Lipinski definition) is 7. The molecule has 0 unspecified atom stereocenters. The summed E-state index contributed by atoms with van der Waals surface area (Å²) in [5, 5.41) is 7.22. The zero-order valence-electron chi connectivity index (χ0n) is 16.4. The molecule has 1 aromatic carbocycles. The van der Waals surface area contributed by atoms with E-state index in [2.05, 4.69) is 20.4 Å². The highest BCUT2D eigenvalue weighted by atomic mass is 35.5. The predicted molar refractivity (Wildman–Crippen MR) is 115 cm³/mol. The second-order valence-electron chi connectivity index (χ2n) is 6.45. The van der Waals surface area contributed by atoms with Gasteiger partial charge in [-0.2, -0.15) is 9.78 Å². The van der Waals surface area contributed by atoms with Crippen LogP contribution in [0.2, 0.25) is 5.02 Å². The van der Waals surface area contributed by atoms with Crippen LogP contribution in [0.5, 0.6) is 0 Å². The first-order chi connectivity index (χ1) is 15.1. The molecule has 9 nitrogen and oxygen atoms in total.